The fourth-order valence-corrected chi connectivity index (χ4v) is 4.32. The lowest BCUT2D eigenvalue weighted by Gasteiger charge is -2.36. The molecular formula is C20H26N4O3. The lowest BCUT2D eigenvalue weighted by Crippen LogP contribution is -2.45. The average molecular weight is 370 g/mol. The van der Waals surface area contributed by atoms with Crippen LogP contribution in [0.5, 0.6) is 0 Å². The zero-order chi connectivity index (χ0) is 18.8. The van der Waals surface area contributed by atoms with E-state index in [4.69, 9.17) is 0 Å². The van der Waals surface area contributed by atoms with Gasteiger partial charge in [0.2, 0.25) is 0 Å². The molecule has 2 N–H and O–H groups in total. The lowest BCUT2D eigenvalue weighted by molar-refractivity contribution is 0.0588. The van der Waals surface area contributed by atoms with Crippen LogP contribution in [0.4, 0.5) is 0 Å². The van der Waals surface area contributed by atoms with Crippen molar-refractivity contribution in [3.05, 3.63) is 44.5 Å². The second-order valence-electron chi connectivity index (χ2n) is 7.65. The Kier molecular flexibility index (Phi) is 5.11. The minimum Gasteiger partial charge on any atom is -0.336 e. The van der Waals surface area contributed by atoms with Gasteiger partial charge in [0.1, 0.15) is 0 Å². The number of aromatic amines is 2. The normalized spacial score (nSPS) is 21.0. The third-order valence-corrected chi connectivity index (χ3v) is 5.83. The molecular weight excluding hydrogens is 344 g/mol. The number of nitrogens with zero attached hydrogens (tertiary/aromatic N) is 2. The van der Waals surface area contributed by atoms with Gasteiger partial charge in [0.15, 0.2) is 0 Å². The third kappa shape index (κ3) is 3.83. The number of hydrogen-bond acceptors (Lipinski definition) is 4. The van der Waals surface area contributed by atoms with Crippen molar-refractivity contribution in [2.75, 3.05) is 26.2 Å². The Labute approximate surface area is 157 Å². The molecule has 0 spiro atoms. The van der Waals surface area contributed by atoms with Crippen molar-refractivity contribution >= 4 is 16.9 Å². The van der Waals surface area contributed by atoms with E-state index in [0.717, 1.165) is 32.4 Å². The highest BCUT2D eigenvalue weighted by molar-refractivity contribution is 5.97. The molecule has 1 atom stereocenters. The second kappa shape index (κ2) is 7.68. The number of likely N-dealkylation sites (tertiary alicyclic amines) is 2. The van der Waals surface area contributed by atoms with Crippen LogP contribution in [0.3, 0.4) is 0 Å². The number of nitrogens with one attached hydrogen (secondary N) is 2. The SMILES string of the molecule is O=C(c1ccc2[nH]c(=O)c(=O)[nH]c2c1)N1CCCC[C@@H]1CCN1CCCC1. The molecule has 0 unspecified atom stereocenters. The maximum atomic E-state index is 13.2. The van der Waals surface area contributed by atoms with Gasteiger partial charge in [-0.3, -0.25) is 14.4 Å². The molecule has 2 saturated heterocycles. The van der Waals surface area contributed by atoms with Gasteiger partial charge >= 0.3 is 11.1 Å². The molecule has 2 aliphatic rings. The van der Waals surface area contributed by atoms with Crippen LogP contribution in [-0.2, 0) is 0 Å². The highest BCUT2D eigenvalue weighted by atomic mass is 16.2. The van der Waals surface area contributed by atoms with E-state index in [1.165, 1.54) is 32.4 Å². The quantitative estimate of drug-likeness (QED) is 0.802. The van der Waals surface area contributed by atoms with Gasteiger partial charge in [-0.25, -0.2) is 0 Å². The fourth-order valence-electron chi connectivity index (χ4n) is 4.32. The van der Waals surface area contributed by atoms with Crippen molar-refractivity contribution in [2.45, 2.75) is 44.6 Å². The number of H-pyrrole nitrogens is 2. The van der Waals surface area contributed by atoms with E-state index in [-0.39, 0.29) is 11.9 Å². The molecule has 1 aromatic carbocycles. The van der Waals surface area contributed by atoms with Gasteiger partial charge in [0, 0.05) is 24.7 Å². The lowest BCUT2D eigenvalue weighted by atomic mass is 9.97. The van der Waals surface area contributed by atoms with Crippen molar-refractivity contribution < 1.29 is 4.79 Å². The van der Waals surface area contributed by atoms with Crippen molar-refractivity contribution in [2.24, 2.45) is 0 Å². The first-order valence-corrected chi connectivity index (χ1v) is 9.91. The summed E-state index contributed by atoms with van der Waals surface area (Å²) in [6.07, 6.45) is 6.83. The van der Waals surface area contributed by atoms with Gasteiger partial charge in [-0.15, -0.1) is 0 Å². The molecule has 0 bridgehead atoms. The van der Waals surface area contributed by atoms with Crippen molar-refractivity contribution in [3.63, 3.8) is 0 Å². The molecule has 2 fully saturated rings. The second-order valence-corrected chi connectivity index (χ2v) is 7.65. The Morgan fingerprint density at radius 2 is 1.67 bits per heavy atom. The maximum Gasteiger partial charge on any atom is 0.314 e. The van der Waals surface area contributed by atoms with Crippen LogP contribution in [0.2, 0.25) is 0 Å². The van der Waals surface area contributed by atoms with E-state index in [1.54, 1.807) is 18.2 Å². The summed E-state index contributed by atoms with van der Waals surface area (Å²) in [5.74, 6) is 0.00932. The van der Waals surface area contributed by atoms with E-state index in [9.17, 15) is 14.4 Å². The van der Waals surface area contributed by atoms with Crippen LogP contribution in [0.1, 0.15) is 48.9 Å². The van der Waals surface area contributed by atoms with E-state index < -0.39 is 11.1 Å². The number of benzene rings is 1. The molecule has 0 aliphatic carbocycles. The summed E-state index contributed by atoms with van der Waals surface area (Å²) in [6.45, 7) is 4.19. The summed E-state index contributed by atoms with van der Waals surface area (Å²) in [6, 6.07) is 5.35. The van der Waals surface area contributed by atoms with E-state index in [2.05, 4.69) is 14.9 Å². The highest BCUT2D eigenvalue weighted by Gasteiger charge is 2.28. The van der Waals surface area contributed by atoms with E-state index in [0.29, 0.717) is 16.6 Å². The topological polar surface area (TPSA) is 89.3 Å². The van der Waals surface area contributed by atoms with Crippen LogP contribution in [0, 0.1) is 0 Å². The number of carbonyl (C=O) groups excluding carboxylic acids is 1. The molecule has 3 heterocycles. The largest absolute Gasteiger partial charge is 0.336 e. The molecule has 0 radical (unpaired) electrons. The molecule has 4 rings (SSSR count). The molecule has 0 saturated carbocycles. The van der Waals surface area contributed by atoms with Crippen LogP contribution in [-0.4, -0.2) is 57.9 Å². The molecule has 2 aliphatic heterocycles. The smallest absolute Gasteiger partial charge is 0.314 e. The van der Waals surface area contributed by atoms with E-state index >= 15 is 0 Å². The Balaban J connectivity index is 1.53. The molecule has 1 amide bonds. The number of aromatic nitrogens is 2. The fraction of sp³-hybridized carbons (Fsp3) is 0.550. The van der Waals surface area contributed by atoms with Crippen LogP contribution >= 0.6 is 0 Å². The number of amides is 1. The maximum absolute atomic E-state index is 13.2. The predicted molar refractivity (Wildman–Crippen MR) is 104 cm³/mol. The summed E-state index contributed by atoms with van der Waals surface area (Å²) in [7, 11) is 0. The van der Waals surface area contributed by atoms with Crippen LogP contribution < -0.4 is 11.1 Å². The predicted octanol–water partition coefficient (Wildman–Crippen LogP) is 1.70. The molecule has 7 heteroatoms. The third-order valence-electron chi connectivity index (χ3n) is 5.83. The number of rotatable bonds is 4. The Morgan fingerprint density at radius 1 is 0.963 bits per heavy atom. The Bertz CT molecular complexity index is 942. The monoisotopic (exact) mass is 370 g/mol. The first kappa shape index (κ1) is 18.0. The number of hydrogen-bond donors (Lipinski definition) is 2. The number of piperidine rings is 1. The first-order chi connectivity index (χ1) is 13.1. The number of carbonyl (C=O) groups is 1. The van der Waals surface area contributed by atoms with Gasteiger partial charge in [-0.05, 0) is 69.8 Å². The van der Waals surface area contributed by atoms with E-state index in [1.807, 2.05) is 4.90 Å². The summed E-state index contributed by atoms with van der Waals surface area (Å²) in [5.41, 5.74) is 0.183. The number of fused-ring (bicyclic) bond motifs is 1. The summed E-state index contributed by atoms with van der Waals surface area (Å²) in [4.78, 5) is 45.8. The Hall–Kier alpha value is -2.41. The summed E-state index contributed by atoms with van der Waals surface area (Å²) in [5, 5.41) is 0. The zero-order valence-electron chi connectivity index (χ0n) is 15.5. The van der Waals surface area contributed by atoms with Gasteiger partial charge in [0.25, 0.3) is 5.91 Å². The van der Waals surface area contributed by atoms with Crippen molar-refractivity contribution in [1.82, 2.24) is 19.8 Å². The first-order valence-electron chi connectivity index (χ1n) is 9.91. The minimum atomic E-state index is -0.700. The van der Waals surface area contributed by atoms with Gasteiger partial charge in [-0.2, -0.15) is 0 Å². The molecule has 27 heavy (non-hydrogen) atoms. The molecule has 144 valence electrons. The van der Waals surface area contributed by atoms with Crippen LogP contribution in [0.15, 0.2) is 27.8 Å². The molecule has 7 nitrogen and oxygen atoms in total. The minimum absolute atomic E-state index is 0.00932. The highest BCUT2D eigenvalue weighted by Crippen LogP contribution is 2.23. The van der Waals surface area contributed by atoms with Crippen molar-refractivity contribution in [3.8, 4) is 0 Å². The zero-order valence-corrected chi connectivity index (χ0v) is 15.5. The van der Waals surface area contributed by atoms with Crippen LogP contribution in [0.25, 0.3) is 11.0 Å². The molecule has 1 aromatic heterocycles. The Morgan fingerprint density at radius 3 is 2.44 bits per heavy atom. The summed E-state index contributed by atoms with van der Waals surface area (Å²) >= 11 is 0. The van der Waals surface area contributed by atoms with Crippen molar-refractivity contribution in [1.29, 1.82) is 0 Å². The van der Waals surface area contributed by atoms with Gasteiger partial charge < -0.3 is 19.8 Å². The summed E-state index contributed by atoms with van der Waals surface area (Å²) < 4.78 is 0. The van der Waals surface area contributed by atoms with Gasteiger partial charge in [0.05, 0.1) is 11.0 Å². The standard InChI is InChI=1S/C20H26N4O3/c25-18-19(26)22-17-13-14(6-7-16(17)21-18)20(27)24-11-2-1-5-15(24)8-12-23-9-3-4-10-23/h6-7,13,15H,1-5,8-12H2,(H,21,25)(H,22,26)/t15-/m1/s1. The van der Waals surface area contributed by atoms with Gasteiger partial charge in [-0.1, -0.05) is 0 Å². The molecule has 2 aromatic rings. The average Bonchev–Trinajstić information content (AvgIpc) is 3.20.